The van der Waals surface area contributed by atoms with Crippen molar-refractivity contribution >= 4 is 29.1 Å². The number of nitrogens with two attached hydrogens (primary N) is 1. The Kier molecular flexibility index (Phi) is 5.06. The molecule has 0 bridgehead atoms. The average molecular weight is 261 g/mol. The van der Waals surface area contributed by atoms with Gasteiger partial charge in [-0.2, -0.15) is 0 Å². The Hall–Kier alpha value is -0.770. The summed E-state index contributed by atoms with van der Waals surface area (Å²) in [5, 5.41) is 4.23. The van der Waals surface area contributed by atoms with E-state index in [0.29, 0.717) is 23.0 Å². The number of halogens is 2. The molecule has 1 rings (SSSR count). The van der Waals surface area contributed by atoms with E-state index in [4.69, 9.17) is 28.9 Å². The van der Waals surface area contributed by atoms with Gasteiger partial charge in [-0.3, -0.25) is 4.79 Å². The lowest BCUT2D eigenvalue weighted by atomic mass is 10.2. The second-order valence-electron chi connectivity index (χ2n) is 3.67. The topological polar surface area (TPSA) is 55.1 Å². The Morgan fingerprint density at radius 2 is 2.19 bits per heavy atom. The summed E-state index contributed by atoms with van der Waals surface area (Å²) in [5.41, 5.74) is 6.00. The van der Waals surface area contributed by atoms with Crippen LogP contribution in [0, 0.1) is 0 Å². The number of hydrogen-bond acceptors (Lipinski definition) is 2. The summed E-state index contributed by atoms with van der Waals surface area (Å²) in [6.07, 6.45) is 0.304. The third kappa shape index (κ3) is 4.00. The van der Waals surface area contributed by atoms with Gasteiger partial charge in [0.2, 0.25) is 5.91 Å². The molecule has 1 aromatic rings. The molecule has 1 unspecified atom stereocenters. The number of primary amides is 1. The van der Waals surface area contributed by atoms with Gasteiger partial charge in [-0.25, -0.2) is 0 Å². The predicted molar refractivity (Wildman–Crippen MR) is 66.6 cm³/mol. The van der Waals surface area contributed by atoms with E-state index in [2.05, 4.69) is 5.32 Å². The SMILES string of the molecule is CC(CC(N)=O)NCc1cccc(Cl)c1Cl. The molecule has 0 saturated heterocycles. The number of hydrogen-bond donors (Lipinski definition) is 2. The van der Waals surface area contributed by atoms with Crippen molar-refractivity contribution in [2.24, 2.45) is 5.73 Å². The summed E-state index contributed by atoms with van der Waals surface area (Å²) >= 11 is 11.9. The smallest absolute Gasteiger partial charge is 0.218 e. The van der Waals surface area contributed by atoms with E-state index in [1.165, 1.54) is 0 Å². The second kappa shape index (κ2) is 6.09. The highest BCUT2D eigenvalue weighted by atomic mass is 35.5. The summed E-state index contributed by atoms with van der Waals surface area (Å²) in [4.78, 5) is 10.7. The van der Waals surface area contributed by atoms with Crippen molar-refractivity contribution in [1.82, 2.24) is 5.32 Å². The van der Waals surface area contributed by atoms with Crippen molar-refractivity contribution in [2.45, 2.75) is 25.9 Å². The standard InChI is InChI=1S/C11H14Cl2N2O/c1-7(5-10(14)16)15-6-8-3-2-4-9(12)11(8)13/h2-4,7,15H,5-6H2,1H3,(H2,14,16). The maximum absolute atomic E-state index is 10.7. The molecule has 3 nitrogen and oxygen atoms in total. The van der Waals surface area contributed by atoms with Crippen LogP contribution in [0.1, 0.15) is 18.9 Å². The third-order valence-electron chi connectivity index (χ3n) is 2.18. The van der Waals surface area contributed by atoms with Crippen molar-refractivity contribution in [3.05, 3.63) is 33.8 Å². The van der Waals surface area contributed by atoms with Gasteiger partial charge in [-0.05, 0) is 18.6 Å². The molecule has 0 aliphatic carbocycles. The summed E-state index contributed by atoms with van der Waals surface area (Å²) in [7, 11) is 0. The van der Waals surface area contributed by atoms with Gasteiger partial charge in [0.05, 0.1) is 10.0 Å². The zero-order valence-electron chi connectivity index (χ0n) is 8.97. The third-order valence-corrected chi connectivity index (χ3v) is 3.04. The molecule has 0 heterocycles. The predicted octanol–water partition coefficient (Wildman–Crippen LogP) is 2.35. The Morgan fingerprint density at radius 3 is 2.81 bits per heavy atom. The number of amides is 1. The largest absolute Gasteiger partial charge is 0.370 e. The fourth-order valence-corrected chi connectivity index (χ4v) is 1.73. The van der Waals surface area contributed by atoms with E-state index in [0.717, 1.165) is 5.56 Å². The monoisotopic (exact) mass is 260 g/mol. The highest BCUT2D eigenvalue weighted by Crippen LogP contribution is 2.25. The summed E-state index contributed by atoms with van der Waals surface area (Å²) in [6, 6.07) is 5.48. The van der Waals surface area contributed by atoms with E-state index < -0.39 is 0 Å². The Bertz CT molecular complexity index is 382. The molecule has 16 heavy (non-hydrogen) atoms. The van der Waals surface area contributed by atoms with E-state index in [1.54, 1.807) is 6.07 Å². The summed E-state index contributed by atoms with van der Waals surface area (Å²) in [6.45, 7) is 2.46. The first-order valence-corrected chi connectivity index (χ1v) is 5.71. The molecule has 0 radical (unpaired) electrons. The molecule has 1 aromatic carbocycles. The lowest BCUT2D eigenvalue weighted by Gasteiger charge is -2.13. The summed E-state index contributed by atoms with van der Waals surface area (Å²) < 4.78 is 0. The molecule has 88 valence electrons. The van der Waals surface area contributed by atoms with Crippen molar-refractivity contribution in [3.8, 4) is 0 Å². The molecule has 5 heteroatoms. The molecule has 0 spiro atoms. The van der Waals surface area contributed by atoms with Crippen LogP contribution in [0.15, 0.2) is 18.2 Å². The fraction of sp³-hybridized carbons (Fsp3) is 0.364. The van der Waals surface area contributed by atoms with Gasteiger partial charge in [0.15, 0.2) is 0 Å². The summed E-state index contributed by atoms with van der Waals surface area (Å²) in [5.74, 6) is -0.322. The number of benzene rings is 1. The van der Waals surface area contributed by atoms with E-state index >= 15 is 0 Å². The first kappa shape index (κ1) is 13.3. The van der Waals surface area contributed by atoms with Crippen LogP contribution in [0.5, 0.6) is 0 Å². The molecular formula is C11H14Cl2N2O. The zero-order chi connectivity index (χ0) is 12.1. The minimum absolute atomic E-state index is 0.0209. The number of nitrogens with one attached hydrogen (secondary N) is 1. The lowest BCUT2D eigenvalue weighted by molar-refractivity contribution is -0.118. The van der Waals surface area contributed by atoms with Crippen LogP contribution in [0.4, 0.5) is 0 Å². The normalized spacial score (nSPS) is 12.4. The molecule has 3 N–H and O–H groups in total. The van der Waals surface area contributed by atoms with Gasteiger partial charge in [-0.15, -0.1) is 0 Å². The van der Waals surface area contributed by atoms with Crippen molar-refractivity contribution < 1.29 is 4.79 Å². The Labute approximate surface area is 105 Å². The Morgan fingerprint density at radius 1 is 1.50 bits per heavy atom. The molecular weight excluding hydrogens is 247 g/mol. The molecule has 0 fully saturated rings. The fourth-order valence-electron chi connectivity index (χ4n) is 1.34. The maximum atomic E-state index is 10.7. The number of rotatable bonds is 5. The van der Waals surface area contributed by atoms with Crippen molar-refractivity contribution in [2.75, 3.05) is 0 Å². The number of carbonyl (C=O) groups is 1. The van der Waals surface area contributed by atoms with Crippen molar-refractivity contribution in [1.29, 1.82) is 0 Å². The van der Waals surface area contributed by atoms with Gasteiger partial charge in [-0.1, -0.05) is 35.3 Å². The van der Waals surface area contributed by atoms with E-state index in [1.807, 2.05) is 19.1 Å². The van der Waals surface area contributed by atoms with Crippen molar-refractivity contribution in [3.63, 3.8) is 0 Å². The van der Waals surface area contributed by atoms with Crippen LogP contribution in [0.2, 0.25) is 10.0 Å². The maximum Gasteiger partial charge on any atom is 0.218 e. The molecule has 1 atom stereocenters. The molecule has 0 saturated carbocycles. The van der Waals surface area contributed by atoms with Crippen LogP contribution in [0.25, 0.3) is 0 Å². The van der Waals surface area contributed by atoms with E-state index in [9.17, 15) is 4.79 Å². The van der Waals surface area contributed by atoms with Crippen LogP contribution < -0.4 is 11.1 Å². The van der Waals surface area contributed by atoms with Gasteiger partial charge in [0, 0.05) is 19.0 Å². The highest BCUT2D eigenvalue weighted by molar-refractivity contribution is 6.42. The van der Waals surface area contributed by atoms with Gasteiger partial charge >= 0.3 is 0 Å². The Balaban J connectivity index is 2.54. The van der Waals surface area contributed by atoms with Crippen LogP contribution in [0.3, 0.4) is 0 Å². The zero-order valence-corrected chi connectivity index (χ0v) is 10.5. The molecule has 0 aliphatic heterocycles. The van der Waals surface area contributed by atoms with Gasteiger partial charge in [0.1, 0.15) is 0 Å². The molecule has 0 aromatic heterocycles. The minimum Gasteiger partial charge on any atom is -0.370 e. The average Bonchev–Trinajstić information content (AvgIpc) is 2.19. The first-order valence-electron chi connectivity index (χ1n) is 4.95. The van der Waals surface area contributed by atoms with Crippen LogP contribution in [-0.4, -0.2) is 11.9 Å². The second-order valence-corrected chi connectivity index (χ2v) is 4.45. The van der Waals surface area contributed by atoms with Gasteiger partial charge in [0.25, 0.3) is 0 Å². The van der Waals surface area contributed by atoms with Crippen LogP contribution in [-0.2, 0) is 11.3 Å². The molecule has 0 aliphatic rings. The minimum atomic E-state index is -0.322. The first-order chi connectivity index (χ1) is 7.50. The van der Waals surface area contributed by atoms with E-state index in [-0.39, 0.29) is 11.9 Å². The lowest BCUT2D eigenvalue weighted by Crippen LogP contribution is -2.30. The van der Waals surface area contributed by atoms with Crippen LogP contribution >= 0.6 is 23.2 Å². The highest BCUT2D eigenvalue weighted by Gasteiger charge is 2.08. The molecule has 1 amide bonds. The van der Waals surface area contributed by atoms with Gasteiger partial charge < -0.3 is 11.1 Å². The number of carbonyl (C=O) groups excluding carboxylic acids is 1. The quantitative estimate of drug-likeness (QED) is 0.854.